The number of amides is 1. The molecule has 3 aromatic rings. The van der Waals surface area contributed by atoms with Gasteiger partial charge in [-0.3, -0.25) is 4.79 Å². The van der Waals surface area contributed by atoms with Crippen LogP contribution in [0.3, 0.4) is 0 Å². The van der Waals surface area contributed by atoms with Crippen LogP contribution in [0.25, 0.3) is 11.4 Å². The third-order valence-electron chi connectivity index (χ3n) is 4.47. The minimum Gasteiger partial charge on any atom is -0.339 e. The average molecular weight is 372 g/mol. The number of nitrogens with zero attached hydrogens (tertiary/aromatic N) is 3. The van der Waals surface area contributed by atoms with Crippen LogP contribution < -0.4 is 4.90 Å². The number of benzene rings is 2. The number of halogens is 2. The number of aryl methyl sites for hydroxylation is 1. The van der Waals surface area contributed by atoms with Crippen LogP contribution in [0.5, 0.6) is 0 Å². The first-order chi connectivity index (χ1) is 12.5. The van der Waals surface area contributed by atoms with Crippen molar-refractivity contribution in [2.24, 2.45) is 0 Å². The molecule has 1 saturated heterocycles. The molecule has 5 nitrogen and oxygen atoms in total. The maximum absolute atomic E-state index is 13.5. The van der Waals surface area contributed by atoms with E-state index in [1.165, 1.54) is 6.07 Å². The van der Waals surface area contributed by atoms with Crippen LogP contribution in [0.15, 0.2) is 47.0 Å². The normalized spacial score (nSPS) is 17.1. The average Bonchev–Trinajstić information content (AvgIpc) is 3.25. The van der Waals surface area contributed by atoms with Crippen LogP contribution in [-0.4, -0.2) is 22.6 Å². The van der Waals surface area contributed by atoms with Gasteiger partial charge in [-0.05, 0) is 55.0 Å². The second-order valence-corrected chi connectivity index (χ2v) is 6.74. The van der Waals surface area contributed by atoms with Crippen molar-refractivity contribution in [1.29, 1.82) is 0 Å². The van der Waals surface area contributed by atoms with Crippen LogP contribution in [0.4, 0.5) is 10.1 Å². The molecule has 2 heterocycles. The highest BCUT2D eigenvalue weighted by Crippen LogP contribution is 2.32. The summed E-state index contributed by atoms with van der Waals surface area (Å²) in [5.74, 6) is 0.347. The predicted octanol–water partition coefficient (Wildman–Crippen LogP) is 4.36. The Morgan fingerprint density at radius 1 is 1.23 bits per heavy atom. The van der Waals surface area contributed by atoms with E-state index in [4.69, 9.17) is 16.1 Å². The summed E-state index contributed by atoms with van der Waals surface area (Å²) in [6.45, 7) is 2.10. The fourth-order valence-corrected chi connectivity index (χ4v) is 3.16. The van der Waals surface area contributed by atoms with Gasteiger partial charge in [-0.25, -0.2) is 4.39 Å². The van der Waals surface area contributed by atoms with E-state index in [1.54, 1.807) is 36.1 Å². The van der Waals surface area contributed by atoms with Gasteiger partial charge in [-0.1, -0.05) is 16.8 Å². The number of carbonyl (C=O) groups excluding carboxylic acids is 1. The molecule has 1 aliphatic rings. The van der Waals surface area contributed by atoms with Crippen molar-refractivity contribution in [3.63, 3.8) is 0 Å². The molecule has 0 radical (unpaired) electrons. The second kappa shape index (κ2) is 6.53. The van der Waals surface area contributed by atoms with Crippen molar-refractivity contribution in [2.45, 2.75) is 19.3 Å². The van der Waals surface area contributed by atoms with Gasteiger partial charge in [0.05, 0.1) is 5.92 Å². The number of aromatic nitrogens is 2. The van der Waals surface area contributed by atoms with E-state index in [1.807, 2.05) is 12.1 Å². The molecule has 1 unspecified atom stereocenters. The van der Waals surface area contributed by atoms with Crippen LogP contribution >= 0.6 is 11.6 Å². The molecule has 1 atom stereocenters. The van der Waals surface area contributed by atoms with Gasteiger partial charge in [-0.2, -0.15) is 4.98 Å². The van der Waals surface area contributed by atoms with Crippen LogP contribution in [0, 0.1) is 12.7 Å². The zero-order valence-corrected chi connectivity index (χ0v) is 14.7. The SMILES string of the molecule is Cc1cc(N2CC(c3nc(-c4ccc(Cl)cc4)no3)CC2=O)ccc1F. The first-order valence-electron chi connectivity index (χ1n) is 8.17. The number of carbonyl (C=O) groups is 1. The predicted molar refractivity (Wildman–Crippen MR) is 95.6 cm³/mol. The Morgan fingerprint density at radius 2 is 2.00 bits per heavy atom. The molecule has 0 aliphatic carbocycles. The molecule has 0 bridgehead atoms. The summed E-state index contributed by atoms with van der Waals surface area (Å²) >= 11 is 5.89. The van der Waals surface area contributed by atoms with Crippen molar-refractivity contribution in [2.75, 3.05) is 11.4 Å². The van der Waals surface area contributed by atoms with Gasteiger partial charge in [0, 0.05) is 29.2 Å². The molecule has 1 aromatic heterocycles. The van der Waals surface area contributed by atoms with Gasteiger partial charge in [0.25, 0.3) is 0 Å². The van der Waals surface area contributed by atoms with Crippen molar-refractivity contribution in [3.8, 4) is 11.4 Å². The number of rotatable bonds is 3. The third kappa shape index (κ3) is 3.08. The second-order valence-electron chi connectivity index (χ2n) is 6.30. The Balaban J connectivity index is 1.55. The monoisotopic (exact) mass is 371 g/mol. The molecule has 26 heavy (non-hydrogen) atoms. The van der Waals surface area contributed by atoms with Crippen LogP contribution in [0.1, 0.15) is 23.8 Å². The van der Waals surface area contributed by atoms with E-state index in [0.717, 1.165) is 5.56 Å². The Hall–Kier alpha value is -2.73. The number of hydrogen-bond acceptors (Lipinski definition) is 4. The van der Waals surface area contributed by atoms with E-state index in [0.29, 0.717) is 34.5 Å². The largest absolute Gasteiger partial charge is 0.339 e. The zero-order chi connectivity index (χ0) is 18.3. The molecule has 4 rings (SSSR count). The van der Waals surface area contributed by atoms with E-state index < -0.39 is 0 Å². The molecule has 1 amide bonds. The van der Waals surface area contributed by atoms with Gasteiger partial charge in [0.1, 0.15) is 5.82 Å². The highest BCUT2D eigenvalue weighted by atomic mass is 35.5. The molecular weight excluding hydrogens is 357 g/mol. The van der Waals surface area contributed by atoms with Crippen molar-refractivity contribution >= 4 is 23.2 Å². The minimum atomic E-state index is -0.290. The molecule has 132 valence electrons. The first-order valence-corrected chi connectivity index (χ1v) is 8.55. The summed E-state index contributed by atoms with van der Waals surface area (Å²) < 4.78 is 18.8. The Labute approximate surface area is 154 Å². The maximum Gasteiger partial charge on any atom is 0.232 e. The van der Waals surface area contributed by atoms with E-state index in [2.05, 4.69) is 10.1 Å². The summed E-state index contributed by atoms with van der Waals surface area (Å²) in [6.07, 6.45) is 0.276. The molecule has 0 saturated carbocycles. The minimum absolute atomic E-state index is 0.0488. The fourth-order valence-electron chi connectivity index (χ4n) is 3.04. The molecule has 0 spiro atoms. The lowest BCUT2D eigenvalue weighted by Gasteiger charge is -2.16. The molecule has 7 heteroatoms. The Kier molecular flexibility index (Phi) is 4.20. The summed E-state index contributed by atoms with van der Waals surface area (Å²) in [4.78, 5) is 18.5. The lowest BCUT2D eigenvalue weighted by molar-refractivity contribution is -0.117. The van der Waals surface area contributed by atoms with Gasteiger partial charge >= 0.3 is 0 Å². The molecule has 1 fully saturated rings. The zero-order valence-electron chi connectivity index (χ0n) is 13.9. The smallest absolute Gasteiger partial charge is 0.232 e. The fraction of sp³-hybridized carbons (Fsp3) is 0.211. The summed E-state index contributed by atoms with van der Waals surface area (Å²) in [7, 11) is 0. The summed E-state index contributed by atoms with van der Waals surface area (Å²) in [5, 5.41) is 4.63. The topological polar surface area (TPSA) is 59.2 Å². The van der Waals surface area contributed by atoms with Crippen molar-refractivity contribution < 1.29 is 13.7 Å². The standard InChI is InChI=1S/C19H15ClFN3O2/c1-11-8-15(6-7-16(11)21)24-10-13(9-17(24)25)19-22-18(23-26-19)12-2-4-14(20)5-3-12/h2-8,13H,9-10H2,1H3. The molecule has 1 aliphatic heterocycles. The highest BCUT2D eigenvalue weighted by Gasteiger charge is 2.35. The van der Waals surface area contributed by atoms with Gasteiger partial charge < -0.3 is 9.42 Å². The Bertz CT molecular complexity index is 971. The van der Waals surface area contributed by atoms with E-state index in [9.17, 15) is 9.18 Å². The van der Waals surface area contributed by atoms with Crippen LogP contribution in [-0.2, 0) is 4.79 Å². The lowest BCUT2D eigenvalue weighted by Crippen LogP contribution is -2.24. The van der Waals surface area contributed by atoms with Gasteiger partial charge in [0.2, 0.25) is 17.6 Å². The number of anilines is 1. The van der Waals surface area contributed by atoms with E-state index >= 15 is 0 Å². The number of hydrogen-bond donors (Lipinski definition) is 0. The maximum atomic E-state index is 13.5. The lowest BCUT2D eigenvalue weighted by atomic mass is 10.1. The molecule has 0 N–H and O–H groups in total. The summed E-state index contributed by atoms with van der Waals surface area (Å²) in [6, 6.07) is 11.8. The summed E-state index contributed by atoms with van der Waals surface area (Å²) in [5.41, 5.74) is 1.97. The highest BCUT2D eigenvalue weighted by molar-refractivity contribution is 6.30. The van der Waals surface area contributed by atoms with E-state index in [-0.39, 0.29) is 24.1 Å². The third-order valence-corrected chi connectivity index (χ3v) is 4.72. The molecular formula is C19H15ClFN3O2. The van der Waals surface area contributed by atoms with Crippen molar-refractivity contribution in [1.82, 2.24) is 10.1 Å². The quantitative estimate of drug-likeness (QED) is 0.686. The first kappa shape index (κ1) is 16.7. The van der Waals surface area contributed by atoms with Crippen LogP contribution in [0.2, 0.25) is 5.02 Å². The van der Waals surface area contributed by atoms with Gasteiger partial charge in [0.15, 0.2) is 0 Å². The Morgan fingerprint density at radius 3 is 2.73 bits per heavy atom. The molecule has 2 aromatic carbocycles. The van der Waals surface area contributed by atoms with Gasteiger partial charge in [-0.15, -0.1) is 0 Å². The van der Waals surface area contributed by atoms with Crippen molar-refractivity contribution in [3.05, 3.63) is 64.8 Å².